The van der Waals surface area contributed by atoms with Crippen LogP contribution in [0.5, 0.6) is 0 Å². The van der Waals surface area contributed by atoms with Gasteiger partial charge in [-0.3, -0.25) is 4.79 Å². The molecule has 1 rings (SSSR count). The molecule has 0 aliphatic carbocycles. The highest BCUT2D eigenvalue weighted by atomic mass is 35.5. The second-order valence-electron chi connectivity index (χ2n) is 3.91. The number of carbonyl (C=O) groups is 1. The van der Waals surface area contributed by atoms with E-state index in [1.165, 1.54) is 6.07 Å². The number of benzene rings is 1. The van der Waals surface area contributed by atoms with E-state index >= 15 is 0 Å². The summed E-state index contributed by atoms with van der Waals surface area (Å²) in [5, 5.41) is 21.5. The molecule has 1 amide bonds. The number of amides is 1. The van der Waals surface area contributed by atoms with Gasteiger partial charge in [-0.15, -0.1) is 0 Å². The molecular weight excluding hydrogens is 242 g/mol. The smallest absolute Gasteiger partial charge is 0.251 e. The maximum Gasteiger partial charge on any atom is 0.251 e. The van der Waals surface area contributed by atoms with Crippen LogP contribution in [0.4, 0.5) is 0 Å². The number of carbonyl (C=O) groups excluding carboxylic acids is 1. The van der Waals surface area contributed by atoms with Crippen molar-refractivity contribution in [2.24, 2.45) is 0 Å². The van der Waals surface area contributed by atoms with Gasteiger partial charge in [-0.25, -0.2) is 0 Å². The summed E-state index contributed by atoms with van der Waals surface area (Å²) in [4.78, 5) is 11.9. The topological polar surface area (TPSA) is 69.6 Å². The van der Waals surface area contributed by atoms with Crippen molar-refractivity contribution in [1.82, 2.24) is 5.32 Å². The molecule has 0 heterocycles. The van der Waals surface area contributed by atoms with Crippen LogP contribution >= 0.6 is 11.6 Å². The summed E-state index contributed by atoms with van der Waals surface area (Å²) in [6, 6.07) is 6.49. The lowest BCUT2D eigenvalue weighted by Crippen LogP contribution is -2.53. The first-order valence-electron chi connectivity index (χ1n) is 5.36. The standard InChI is InChI=1S/C12H16ClNO3/c1-2-12(7-15,8-16)14-11(17)9-4-3-5-10(13)6-9/h3-6,15-16H,2,7-8H2,1H3,(H,14,17). The van der Waals surface area contributed by atoms with E-state index in [4.69, 9.17) is 11.6 Å². The average Bonchev–Trinajstić information content (AvgIpc) is 2.36. The normalized spacial score (nSPS) is 11.3. The summed E-state index contributed by atoms with van der Waals surface area (Å²) < 4.78 is 0. The van der Waals surface area contributed by atoms with E-state index in [9.17, 15) is 15.0 Å². The Morgan fingerprint density at radius 1 is 1.41 bits per heavy atom. The van der Waals surface area contributed by atoms with Crippen molar-refractivity contribution in [3.63, 3.8) is 0 Å². The van der Waals surface area contributed by atoms with Crippen molar-refractivity contribution >= 4 is 17.5 Å². The molecule has 1 aromatic carbocycles. The Kier molecular flexibility index (Phi) is 4.93. The van der Waals surface area contributed by atoms with Gasteiger partial charge in [-0.1, -0.05) is 24.6 Å². The van der Waals surface area contributed by atoms with Crippen molar-refractivity contribution in [1.29, 1.82) is 0 Å². The Morgan fingerprint density at radius 3 is 2.53 bits per heavy atom. The van der Waals surface area contributed by atoms with Gasteiger partial charge in [0.05, 0.1) is 18.8 Å². The molecule has 94 valence electrons. The number of hydrogen-bond donors (Lipinski definition) is 3. The van der Waals surface area contributed by atoms with Gasteiger partial charge >= 0.3 is 0 Å². The highest BCUT2D eigenvalue weighted by molar-refractivity contribution is 6.30. The number of aliphatic hydroxyl groups excluding tert-OH is 2. The van der Waals surface area contributed by atoms with Crippen LogP contribution in [0.25, 0.3) is 0 Å². The van der Waals surface area contributed by atoms with E-state index in [-0.39, 0.29) is 19.1 Å². The monoisotopic (exact) mass is 257 g/mol. The molecule has 0 unspecified atom stereocenters. The molecule has 0 aromatic heterocycles. The predicted octanol–water partition coefficient (Wildman–Crippen LogP) is 1.20. The highest BCUT2D eigenvalue weighted by Gasteiger charge is 2.28. The number of rotatable bonds is 5. The number of aliphatic hydroxyl groups is 2. The minimum atomic E-state index is -0.987. The first-order valence-corrected chi connectivity index (χ1v) is 5.74. The fourth-order valence-corrected chi connectivity index (χ4v) is 1.57. The van der Waals surface area contributed by atoms with Gasteiger partial charge < -0.3 is 15.5 Å². The van der Waals surface area contributed by atoms with E-state index < -0.39 is 5.54 Å². The molecule has 0 spiro atoms. The third-order valence-electron chi connectivity index (χ3n) is 2.75. The zero-order chi connectivity index (χ0) is 12.9. The molecule has 0 fully saturated rings. The van der Waals surface area contributed by atoms with Crippen LogP contribution in [-0.2, 0) is 0 Å². The van der Waals surface area contributed by atoms with Crippen LogP contribution in [0.1, 0.15) is 23.7 Å². The van der Waals surface area contributed by atoms with Crippen molar-refractivity contribution in [3.05, 3.63) is 34.9 Å². The van der Waals surface area contributed by atoms with Crippen LogP contribution in [0.15, 0.2) is 24.3 Å². The lowest BCUT2D eigenvalue weighted by molar-refractivity contribution is 0.0653. The Labute approximate surface area is 105 Å². The van der Waals surface area contributed by atoms with Gasteiger partial charge in [0.25, 0.3) is 5.91 Å². The molecule has 4 nitrogen and oxygen atoms in total. The molecule has 0 saturated carbocycles. The van der Waals surface area contributed by atoms with Crippen LogP contribution in [0.2, 0.25) is 5.02 Å². The van der Waals surface area contributed by atoms with E-state index in [2.05, 4.69) is 5.32 Å². The Morgan fingerprint density at radius 2 is 2.06 bits per heavy atom. The molecule has 0 atom stereocenters. The summed E-state index contributed by atoms with van der Waals surface area (Å²) in [6.07, 6.45) is 0.437. The van der Waals surface area contributed by atoms with Crippen molar-refractivity contribution in [3.8, 4) is 0 Å². The SMILES string of the molecule is CCC(CO)(CO)NC(=O)c1cccc(Cl)c1. The summed E-state index contributed by atoms with van der Waals surface area (Å²) in [5.74, 6) is -0.363. The minimum Gasteiger partial charge on any atom is -0.394 e. The lowest BCUT2D eigenvalue weighted by Gasteiger charge is -2.29. The summed E-state index contributed by atoms with van der Waals surface area (Å²) in [7, 11) is 0. The predicted molar refractivity (Wildman–Crippen MR) is 66.1 cm³/mol. The summed E-state index contributed by atoms with van der Waals surface area (Å²) in [6.45, 7) is 1.16. The molecule has 3 N–H and O–H groups in total. The van der Waals surface area contributed by atoms with E-state index in [1.54, 1.807) is 25.1 Å². The Balaban J connectivity index is 2.84. The molecular formula is C12H16ClNO3. The molecule has 0 saturated heterocycles. The summed E-state index contributed by atoms with van der Waals surface area (Å²) in [5.41, 5.74) is -0.586. The maximum atomic E-state index is 11.9. The molecule has 0 bridgehead atoms. The molecule has 5 heteroatoms. The van der Waals surface area contributed by atoms with Gasteiger partial charge in [0.2, 0.25) is 0 Å². The molecule has 17 heavy (non-hydrogen) atoms. The maximum absolute atomic E-state index is 11.9. The van der Waals surface area contributed by atoms with Gasteiger partial charge in [0, 0.05) is 10.6 Å². The van der Waals surface area contributed by atoms with E-state index in [1.807, 2.05) is 0 Å². The second kappa shape index (κ2) is 6.00. The summed E-state index contributed by atoms with van der Waals surface area (Å²) >= 11 is 5.78. The number of hydrogen-bond acceptors (Lipinski definition) is 3. The Bertz CT molecular complexity index is 383. The third-order valence-corrected chi connectivity index (χ3v) is 2.98. The molecule has 0 radical (unpaired) electrons. The number of nitrogens with one attached hydrogen (secondary N) is 1. The van der Waals surface area contributed by atoms with E-state index in [0.717, 1.165) is 0 Å². The molecule has 0 aliphatic rings. The fraction of sp³-hybridized carbons (Fsp3) is 0.417. The lowest BCUT2D eigenvalue weighted by atomic mass is 9.98. The van der Waals surface area contributed by atoms with Gasteiger partial charge in [-0.05, 0) is 24.6 Å². The minimum absolute atomic E-state index is 0.313. The average molecular weight is 258 g/mol. The van der Waals surface area contributed by atoms with Gasteiger partial charge in [0.1, 0.15) is 0 Å². The zero-order valence-corrected chi connectivity index (χ0v) is 10.4. The highest BCUT2D eigenvalue weighted by Crippen LogP contribution is 2.13. The van der Waals surface area contributed by atoms with Crippen LogP contribution in [0.3, 0.4) is 0 Å². The van der Waals surface area contributed by atoms with Gasteiger partial charge in [0.15, 0.2) is 0 Å². The fourth-order valence-electron chi connectivity index (χ4n) is 1.38. The van der Waals surface area contributed by atoms with Crippen LogP contribution < -0.4 is 5.32 Å². The van der Waals surface area contributed by atoms with Crippen molar-refractivity contribution < 1.29 is 15.0 Å². The zero-order valence-electron chi connectivity index (χ0n) is 9.61. The van der Waals surface area contributed by atoms with Crippen LogP contribution in [-0.4, -0.2) is 34.9 Å². The largest absolute Gasteiger partial charge is 0.394 e. The Hall–Kier alpha value is -1.10. The van der Waals surface area contributed by atoms with Crippen molar-refractivity contribution in [2.75, 3.05) is 13.2 Å². The number of halogens is 1. The van der Waals surface area contributed by atoms with Gasteiger partial charge in [-0.2, -0.15) is 0 Å². The van der Waals surface area contributed by atoms with E-state index in [0.29, 0.717) is 17.0 Å². The molecule has 0 aliphatic heterocycles. The quantitative estimate of drug-likeness (QED) is 0.743. The molecule has 1 aromatic rings. The second-order valence-corrected chi connectivity index (χ2v) is 4.35. The first kappa shape index (κ1) is 14.0. The van der Waals surface area contributed by atoms with Crippen molar-refractivity contribution in [2.45, 2.75) is 18.9 Å². The first-order chi connectivity index (χ1) is 8.06. The van der Waals surface area contributed by atoms with Crippen LogP contribution in [0, 0.1) is 0 Å². The third kappa shape index (κ3) is 3.43.